The van der Waals surface area contributed by atoms with Crippen LogP contribution in [0.1, 0.15) is 0 Å². The number of rotatable bonds is 3. The van der Waals surface area contributed by atoms with Crippen LogP contribution < -0.4 is 15.2 Å². The van der Waals surface area contributed by atoms with Gasteiger partial charge in [-0.05, 0) is 30.3 Å². The number of ether oxygens (including phenoxy) is 2. The van der Waals surface area contributed by atoms with Gasteiger partial charge in [0.15, 0.2) is 5.75 Å². The van der Waals surface area contributed by atoms with Crippen molar-refractivity contribution in [3.05, 3.63) is 48.7 Å². The van der Waals surface area contributed by atoms with Crippen LogP contribution in [-0.4, -0.2) is 17.2 Å². The molecule has 3 aromatic rings. The van der Waals surface area contributed by atoms with Crippen LogP contribution in [0.15, 0.2) is 48.7 Å². The SMILES string of the molecule is COc1cccc2c(Oc3cccc(O)c3N)nccc12. The first-order valence-electron chi connectivity index (χ1n) is 6.37. The third kappa shape index (κ3) is 2.29. The molecule has 0 atom stereocenters. The summed E-state index contributed by atoms with van der Waals surface area (Å²) in [4.78, 5) is 4.23. The summed E-state index contributed by atoms with van der Waals surface area (Å²) >= 11 is 0. The van der Waals surface area contributed by atoms with Crippen molar-refractivity contribution in [2.24, 2.45) is 0 Å². The fourth-order valence-corrected chi connectivity index (χ4v) is 2.14. The molecule has 0 saturated heterocycles. The molecule has 0 spiro atoms. The van der Waals surface area contributed by atoms with Crippen LogP contribution in [0.25, 0.3) is 10.8 Å². The van der Waals surface area contributed by atoms with Crippen LogP contribution in [-0.2, 0) is 0 Å². The van der Waals surface area contributed by atoms with Crippen LogP contribution in [0.5, 0.6) is 23.1 Å². The van der Waals surface area contributed by atoms with Crippen molar-refractivity contribution < 1.29 is 14.6 Å². The Kier molecular flexibility index (Phi) is 3.23. The molecule has 1 aromatic heterocycles. The number of phenolic OH excluding ortho intramolecular Hbond substituents is 1. The van der Waals surface area contributed by atoms with Crippen LogP contribution in [0.3, 0.4) is 0 Å². The van der Waals surface area contributed by atoms with Crippen molar-refractivity contribution in [1.82, 2.24) is 4.98 Å². The van der Waals surface area contributed by atoms with E-state index in [-0.39, 0.29) is 11.4 Å². The Bertz CT molecular complexity index is 803. The van der Waals surface area contributed by atoms with E-state index in [0.29, 0.717) is 11.6 Å². The molecule has 0 saturated carbocycles. The van der Waals surface area contributed by atoms with Gasteiger partial charge in [-0.2, -0.15) is 0 Å². The number of methoxy groups -OCH3 is 1. The number of benzene rings is 2. The Hall–Kier alpha value is -2.95. The van der Waals surface area contributed by atoms with Gasteiger partial charge in [0.1, 0.15) is 17.2 Å². The molecule has 0 aliphatic heterocycles. The van der Waals surface area contributed by atoms with E-state index in [0.717, 1.165) is 16.5 Å². The predicted octanol–water partition coefficient (Wildman–Crippen LogP) is 3.32. The molecule has 5 nitrogen and oxygen atoms in total. The molecule has 0 radical (unpaired) electrons. The van der Waals surface area contributed by atoms with Crippen molar-refractivity contribution in [1.29, 1.82) is 0 Å². The Labute approximate surface area is 121 Å². The molecule has 21 heavy (non-hydrogen) atoms. The fraction of sp³-hybridized carbons (Fsp3) is 0.0625. The normalized spacial score (nSPS) is 10.5. The quantitative estimate of drug-likeness (QED) is 0.569. The van der Waals surface area contributed by atoms with Gasteiger partial charge in [-0.3, -0.25) is 0 Å². The Morgan fingerprint density at radius 1 is 1.00 bits per heavy atom. The first-order chi connectivity index (χ1) is 10.2. The number of anilines is 1. The number of aromatic hydroxyl groups is 1. The molecule has 1 heterocycles. The highest BCUT2D eigenvalue weighted by Crippen LogP contribution is 2.36. The minimum atomic E-state index is -0.0229. The number of hydrogen-bond acceptors (Lipinski definition) is 5. The maximum absolute atomic E-state index is 9.63. The van der Waals surface area contributed by atoms with E-state index in [1.807, 2.05) is 24.3 Å². The first-order valence-corrected chi connectivity index (χ1v) is 6.37. The Morgan fingerprint density at radius 3 is 2.57 bits per heavy atom. The van der Waals surface area contributed by atoms with E-state index in [9.17, 15) is 5.11 Å². The average Bonchev–Trinajstić information content (AvgIpc) is 2.51. The van der Waals surface area contributed by atoms with Gasteiger partial charge in [0.05, 0.1) is 7.11 Å². The minimum Gasteiger partial charge on any atom is -0.506 e. The molecule has 0 bridgehead atoms. The number of fused-ring (bicyclic) bond motifs is 1. The molecule has 3 N–H and O–H groups in total. The number of nitrogens with two attached hydrogens (primary N) is 1. The molecule has 106 valence electrons. The molecule has 3 rings (SSSR count). The second-order valence-electron chi connectivity index (χ2n) is 4.46. The van der Waals surface area contributed by atoms with Gasteiger partial charge >= 0.3 is 0 Å². The zero-order chi connectivity index (χ0) is 14.8. The summed E-state index contributed by atoms with van der Waals surface area (Å²) in [6.07, 6.45) is 1.64. The largest absolute Gasteiger partial charge is 0.506 e. The average molecular weight is 282 g/mol. The van der Waals surface area contributed by atoms with Gasteiger partial charge in [0.2, 0.25) is 5.88 Å². The van der Waals surface area contributed by atoms with Crippen LogP contribution >= 0.6 is 0 Å². The third-order valence-corrected chi connectivity index (χ3v) is 3.20. The van der Waals surface area contributed by atoms with Crippen LogP contribution in [0.4, 0.5) is 5.69 Å². The number of nitrogen functional groups attached to an aromatic ring is 1. The first kappa shape index (κ1) is 13.1. The molecule has 0 amide bonds. The summed E-state index contributed by atoms with van der Waals surface area (Å²) in [6.45, 7) is 0. The monoisotopic (exact) mass is 282 g/mol. The maximum Gasteiger partial charge on any atom is 0.227 e. The standard InChI is InChI=1S/C16H14N2O3/c1-20-13-6-2-4-11-10(13)8-9-18-16(11)21-14-7-3-5-12(19)15(14)17/h2-9,19H,17H2,1H3. The van der Waals surface area contributed by atoms with Gasteiger partial charge < -0.3 is 20.3 Å². The highest BCUT2D eigenvalue weighted by atomic mass is 16.5. The highest BCUT2D eigenvalue weighted by Gasteiger charge is 2.11. The van der Waals surface area contributed by atoms with E-state index >= 15 is 0 Å². The fourth-order valence-electron chi connectivity index (χ4n) is 2.14. The topological polar surface area (TPSA) is 77.6 Å². The number of phenols is 1. The summed E-state index contributed by atoms with van der Waals surface area (Å²) in [7, 11) is 1.61. The lowest BCUT2D eigenvalue weighted by Crippen LogP contribution is -1.95. The summed E-state index contributed by atoms with van der Waals surface area (Å²) in [5.41, 5.74) is 5.98. The third-order valence-electron chi connectivity index (χ3n) is 3.20. The van der Waals surface area contributed by atoms with E-state index in [4.69, 9.17) is 15.2 Å². The molecule has 0 fully saturated rings. The lowest BCUT2D eigenvalue weighted by molar-refractivity contribution is 0.419. The molecule has 5 heteroatoms. The maximum atomic E-state index is 9.63. The molecule has 0 aliphatic rings. The zero-order valence-corrected chi connectivity index (χ0v) is 11.4. The van der Waals surface area contributed by atoms with Gasteiger partial charge in [0, 0.05) is 17.0 Å². The van der Waals surface area contributed by atoms with E-state index in [2.05, 4.69) is 4.98 Å². The Balaban J connectivity index is 2.11. The Morgan fingerprint density at radius 2 is 1.76 bits per heavy atom. The summed E-state index contributed by atoms with van der Waals surface area (Å²) in [5.74, 6) is 1.48. The number of nitrogens with zero attached hydrogens (tertiary/aromatic N) is 1. The van der Waals surface area contributed by atoms with Crippen LogP contribution in [0.2, 0.25) is 0 Å². The van der Waals surface area contributed by atoms with Gasteiger partial charge in [-0.15, -0.1) is 0 Å². The highest BCUT2D eigenvalue weighted by molar-refractivity contribution is 5.92. The lowest BCUT2D eigenvalue weighted by Gasteiger charge is -2.11. The van der Waals surface area contributed by atoms with Crippen molar-refractivity contribution in [2.75, 3.05) is 12.8 Å². The molecular weight excluding hydrogens is 268 g/mol. The van der Waals surface area contributed by atoms with Crippen molar-refractivity contribution in [3.8, 4) is 23.1 Å². The van der Waals surface area contributed by atoms with Crippen molar-refractivity contribution in [3.63, 3.8) is 0 Å². The summed E-state index contributed by atoms with van der Waals surface area (Å²) in [5, 5.41) is 11.3. The van der Waals surface area contributed by atoms with Crippen molar-refractivity contribution in [2.45, 2.75) is 0 Å². The summed E-state index contributed by atoms with van der Waals surface area (Å²) < 4.78 is 11.1. The molecular formula is C16H14N2O3. The van der Waals surface area contributed by atoms with Gasteiger partial charge in [0.25, 0.3) is 0 Å². The van der Waals surface area contributed by atoms with E-state index in [1.54, 1.807) is 25.4 Å². The smallest absolute Gasteiger partial charge is 0.227 e. The van der Waals surface area contributed by atoms with Crippen molar-refractivity contribution >= 4 is 16.5 Å². The van der Waals surface area contributed by atoms with Gasteiger partial charge in [-0.25, -0.2) is 4.98 Å². The zero-order valence-electron chi connectivity index (χ0n) is 11.4. The number of para-hydroxylation sites is 1. The van der Waals surface area contributed by atoms with E-state index in [1.165, 1.54) is 6.07 Å². The van der Waals surface area contributed by atoms with E-state index < -0.39 is 0 Å². The van der Waals surface area contributed by atoms with Gasteiger partial charge in [-0.1, -0.05) is 12.1 Å². The minimum absolute atomic E-state index is 0.0229. The molecule has 0 unspecified atom stereocenters. The second kappa shape index (κ2) is 5.20. The second-order valence-corrected chi connectivity index (χ2v) is 4.46. The molecule has 2 aromatic carbocycles. The number of hydrogen-bond donors (Lipinski definition) is 2. The number of aromatic nitrogens is 1. The van der Waals surface area contributed by atoms with Crippen LogP contribution in [0, 0.1) is 0 Å². The predicted molar refractivity (Wildman–Crippen MR) is 80.9 cm³/mol. The summed E-state index contributed by atoms with van der Waals surface area (Å²) in [6, 6.07) is 12.3. The number of pyridine rings is 1. The lowest BCUT2D eigenvalue weighted by atomic mass is 10.1. The molecule has 0 aliphatic carbocycles.